The SMILES string of the molecule is CC(C)c1ccc2nc(-c3ccc(N4CCN(C)CC4)cc3)nn2c1. The van der Waals surface area contributed by atoms with E-state index in [2.05, 4.69) is 77.3 Å². The minimum atomic E-state index is 0.486. The van der Waals surface area contributed by atoms with Crippen molar-refractivity contribution >= 4 is 11.3 Å². The number of piperazine rings is 1. The van der Waals surface area contributed by atoms with Gasteiger partial charge in [-0.15, -0.1) is 5.10 Å². The fraction of sp³-hybridized carbons (Fsp3) is 0.400. The van der Waals surface area contributed by atoms with E-state index in [0.717, 1.165) is 43.2 Å². The van der Waals surface area contributed by atoms with E-state index in [4.69, 9.17) is 0 Å². The molecule has 0 bridgehead atoms. The van der Waals surface area contributed by atoms with Crippen LogP contribution in [0, 0.1) is 0 Å². The van der Waals surface area contributed by atoms with Crippen LogP contribution in [0.25, 0.3) is 17.0 Å². The van der Waals surface area contributed by atoms with Gasteiger partial charge in [0, 0.05) is 43.6 Å². The first-order valence-electron chi connectivity index (χ1n) is 9.00. The lowest BCUT2D eigenvalue weighted by Gasteiger charge is -2.34. The summed E-state index contributed by atoms with van der Waals surface area (Å²) in [6.45, 7) is 8.79. The summed E-state index contributed by atoms with van der Waals surface area (Å²) in [5.41, 5.74) is 4.51. The number of benzene rings is 1. The molecular formula is C20H25N5. The van der Waals surface area contributed by atoms with E-state index < -0.39 is 0 Å². The van der Waals surface area contributed by atoms with E-state index in [1.165, 1.54) is 11.3 Å². The number of likely N-dealkylation sites (N-methyl/N-ethyl adjacent to an activating group) is 1. The van der Waals surface area contributed by atoms with Crippen LogP contribution in [0.5, 0.6) is 0 Å². The molecule has 0 atom stereocenters. The van der Waals surface area contributed by atoms with Gasteiger partial charge >= 0.3 is 0 Å². The molecule has 0 aliphatic carbocycles. The Hall–Kier alpha value is -2.40. The van der Waals surface area contributed by atoms with Crippen LogP contribution < -0.4 is 4.90 Å². The summed E-state index contributed by atoms with van der Waals surface area (Å²) in [7, 11) is 2.18. The van der Waals surface area contributed by atoms with Crippen molar-refractivity contribution < 1.29 is 0 Å². The van der Waals surface area contributed by atoms with Crippen LogP contribution in [0.3, 0.4) is 0 Å². The van der Waals surface area contributed by atoms with Gasteiger partial charge in [0.25, 0.3) is 0 Å². The molecule has 0 saturated carbocycles. The molecule has 0 amide bonds. The molecule has 4 rings (SSSR count). The standard InChI is InChI=1S/C20H25N5/c1-15(2)17-6-9-19-21-20(22-25(19)14-17)16-4-7-18(8-5-16)24-12-10-23(3)11-13-24/h4-9,14-15H,10-13H2,1-3H3. The zero-order valence-electron chi connectivity index (χ0n) is 15.2. The van der Waals surface area contributed by atoms with Gasteiger partial charge < -0.3 is 9.80 Å². The summed E-state index contributed by atoms with van der Waals surface area (Å²) in [4.78, 5) is 9.48. The molecule has 1 aliphatic heterocycles. The molecule has 0 spiro atoms. The van der Waals surface area contributed by atoms with Crippen LogP contribution in [0.4, 0.5) is 5.69 Å². The largest absolute Gasteiger partial charge is 0.369 e. The smallest absolute Gasteiger partial charge is 0.182 e. The Labute approximate surface area is 148 Å². The van der Waals surface area contributed by atoms with E-state index in [1.54, 1.807) is 0 Å². The number of hydrogen-bond acceptors (Lipinski definition) is 4. The Morgan fingerprint density at radius 1 is 0.920 bits per heavy atom. The fourth-order valence-corrected chi connectivity index (χ4v) is 3.25. The predicted molar refractivity (Wildman–Crippen MR) is 102 cm³/mol. The first kappa shape index (κ1) is 16.1. The van der Waals surface area contributed by atoms with Crippen molar-refractivity contribution in [2.45, 2.75) is 19.8 Å². The lowest BCUT2D eigenvalue weighted by Crippen LogP contribution is -2.44. The number of aromatic nitrogens is 3. The zero-order valence-corrected chi connectivity index (χ0v) is 15.2. The topological polar surface area (TPSA) is 36.7 Å². The Balaban J connectivity index is 1.58. The molecule has 5 nitrogen and oxygen atoms in total. The third-order valence-corrected chi connectivity index (χ3v) is 5.01. The van der Waals surface area contributed by atoms with Crippen molar-refractivity contribution in [1.29, 1.82) is 0 Å². The van der Waals surface area contributed by atoms with E-state index >= 15 is 0 Å². The summed E-state index contributed by atoms with van der Waals surface area (Å²) in [5.74, 6) is 1.27. The molecule has 130 valence electrons. The minimum Gasteiger partial charge on any atom is -0.369 e. The van der Waals surface area contributed by atoms with Gasteiger partial charge in [-0.2, -0.15) is 0 Å². The number of fused-ring (bicyclic) bond motifs is 1. The molecule has 1 fully saturated rings. The highest BCUT2D eigenvalue weighted by Gasteiger charge is 2.15. The number of pyridine rings is 1. The highest BCUT2D eigenvalue weighted by atomic mass is 15.3. The number of nitrogens with zero attached hydrogens (tertiary/aromatic N) is 5. The maximum atomic E-state index is 4.67. The molecule has 5 heteroatoms. The van der Waals surface area contributed by atoms with Crippen molar-refractivity contribution in [2.75, 3.05) is 38.1 Å². The van der Waals surface area contributed by atoms with Crippen LogP contribution in [0.1, 0.15) is 25.3 Å². The van der Waals surface area contributed by atoms with Gasteiger partial charge in [0.15, 0.2) is 11.5 Å². The maximum absolute atomic E-state index is 4.67. The van der Waals surface area contributed by atoms with Crippen LogP contribution >= 0.6 is 0 Å². The second-order valence-electron chi connectivity index (χ2n) is 7.19. The van der Waals surface area contributed by atoms with E-state index in [-0.39, 0.29) is 0 Å². The molecule has 3 heterocycles. The highest BCUT2D eigenvalue weighted by molar-refractivity contribution is 5.62. The average molecular weight is 335 g/mol. The maximum Gasteiger partial charge on any atom is 0.182 e. The molecule has 1 aromatic carbocycles. The average Bonchev–Trinajstić information content (AvgIpc) is 3.05. The summed E-state index contributed by atoms with van der Waals surface area (Å²) >= 11 is 0. The molecule has 0 N–H and O–H groups in total. The number of anilines is 1. The minimum absolute atomic E-state index is 0.486. The van der Waals surface area contributed by atoms with E-state index in [0.29, 0.717) is 5.92 Å². The zero-order chi connectivity index (χ0) is 17.4. The molecule has 0 unspecified atom stereocenters. The fourth-order valence-electron chi connectivity index (χ4n) is 3.25. The molecule has 1 aliphatic rings. The second kappa shape index (κ2) is 6.48. The van der Waals surface area contributed by atoms with Gasteiger partial charge in [-0.1, -0.05) is 19.9 Å². The van der Waals surface area contributed by atoms with Crippen LogP contribution in [0.15, 0.2) is 42.6 Å². The van der Waals surface area contributed by atoms with Crippen molar-refractivity contribution in [3.8, 4) is 11.4 Å². The Bertz CT molecular complexity index is 857. The molecule has 25 heavy (non-hydrogen) atoms. The van der Waals surface area contributed by atoms with Crippen LogP contribution in [0.2, 0.25) is 0 Å². The Morgan fingerprint density at radius 2 is 1.64 bits per heavy atom. The first-order chi connectivity index (χ1) is 12.1. The Kier molecular flexibility index (Phi) is 4.17. The van der Waals surface area contributed by atoms with Gasteiger partial charge in [-0.05, 0) is 48.9 Å². The quantitative estimate of drug-likeness (QED) is 0.736. The normalized spacial score (nSPS) is 16.1. The van der Waals surface area contributed by atoms with Crippen molar-refractivity contribution in [3.63, 3.8) is 0 Å². The van der Waals surface area contributed by atoms with Gasteiger partial charge in [-0.25, -0.2) is 9.50 Å². The Morgan fingerprint density at radius 3 is 2.32 bits per heavy atom. The van der Waals surface area contributed by atoms with Crippen molar-refractivity contribution in [1.82, 2.24) is 19.5 Å². The predicted octanol–water partition coefficient (Wildman–Crippen LogP) is 3.27. The van der Waals surface area contributed by atoms with Gasteiger partial charge in [0.1, 0.15) is 0 Å². The van der Waals surface area contributed by atoms with Crippen LogP contribution in [-0.2, 0) is 0 Å². The lowest BCUT2D eigenvalue weighted by molar-refractivity contribution is 0.313. The summed E-state index contributed by atoms with van der Waals surface area (Å²) in [5, 5.41) is 4.66. The van der Waals surface area contributed by atoms with E-state index in [1.807, 2.05) is 10.6 Å². The van der Waals surface area contributed by atoms with Crippen LogP contribution in [-0.4, -0.2) is 52.7 Å². The third kappa shape index (κ3) is 3.24. The van der Waals surface area contributed by atoms with Gasteiger partial charge in [0.05, 0.1) is 0 Å². The number of rotatable bonds is 3. The second-order valence-corrected chi connectivity index (χ2v) is 7.19. The summed E-state index contributed by atoms with van der Waals surface area (Å²) in [6.07, 6.45) is 2.08. The number of hydrogen-bond donors (Lipinski definition) is 0. The van der Waals surface area contributed by atoms with Gasteiger partial charge in [-0.3, -0.25) is 0 Å². The third-order valence-electron chi connectivity index (χ3n) is 5.01. The van der Waals surface area contributed by atoms with E-state index in [9.17, 15) is 0 Å². The molecule has 3 aromatic rings. The lowest BCUT2D eigenvalue weighted by atomic mass is 10.1. The molecule has 2 aromatic heterocycles. The molecular weight excluding hydrogens is 310 g/mol. The van der Waals surface area contributed by atoms with Crippen molar-refractivity contribution in [2.24, 2.45) is 0 Å². The first-order valence-corrected chi connectivity index (χ1v) is 9.00. The molecule has 1 saturated heterocycles. The van der Waals surface area contributed by atoms with Gasteiger partial charge in [0.2, 0.25) is 0 Å². The highest BCUT2D eigenvalue weighted by Crippen LogP contribution is 2.23. The molecule has 0 radical (unpaired) electrons. The summed E-state index contributed by atoms with van der Waals surface area (Å²) < 4.78 is 1.89. The summed E-state index contributed by atoms with van der Waals surface area (Å²) in [6, 6.07) is 12.8. The monoisotopic (exact) mass is 335 g/mol. The van der Waals surface area contributed by atoms with Crippen molar-refractivity contribution in [3.05, 3.63) is 48.2 Å².